The van der Waals surface area contributed by atoms with Gasteiger partial charge in [-0.05, 0) is 38.3 Å². The zero-order valence-electron chi connectivity index (χ0n) is 14.1. The van der Waals surface area contributed by atoms with Gasteiger partial charge in [0.15, 0.2) is 5.96 Å². The van der Waals surface area contributed by atoms with E-state index in [1.165, 1.54) is 19.3 Å². The topological polar surface area (TPSA) is 58.3 Å². The minimum Gasteiger partial charge on any atom is -0.343 e. The fraction of sp³-hybridized carbons (Fsp3) is 0.471. The van der Waals surface area contributed by atoms with Crippen molar-refractivity contribution in [2.75, 3.05) is 18.4 Å². The van der Waals surface area contributed by atoms with Crippen LogP contribution in [-0.2, 0) is 13.1 Å². The molecule has 2 heterocycles. The predicted octanol–water partition coefficient (Wildman–Crippen LogP) is 3.37. The highest BCUT2D eigenvalue weighted by Gasteiger charge is 2.15. The van der Waals surface area contributed by atoms with Gasteiger partial charge in [-0.3, -0.25) is 0 Å². The van der Waals surface area contributed by atoms with Crippen LogP contribution in [0.25, 0.3) is 0 Å². The number of nitrogens with zero attached hydrogens (tertiary/aromatic N) is 5. The van der Waals surface area contributed by atoms with Gasteiger partial charge in [0.1, 0.15) is 18.7 Å². The number of hydrogen-bond donors (Lipinski definition) is 1. The number of anilines is 1. The van der Waals surface area contributed by atoms with Crippen LogP contribution in [0.5, 0.6) is 0 Å². The number of rotatable bonds is 4. The fourth-order valence-electron chi connectivity index (χ4n) is 2.80. The summed E-state index contributed by atoms with van der Waals surface area (Å²) in [7, 11) is 0. The Morgan fingerprint density at radius 1 is 1.17 bits per heavy atom. The molecular weight excluding hydrogens is 415 g/mol. The van der Waals surface area contributed by atoms with Crippen LogP contribution < -0.4 is 5.32 Å². The molecule has 3 rings (SSSR count). The van der Waals surface area contributed by atoms with E-state index >= 15 is 0 Å². The van der Waals surface area contributed by atoms with Gasteiger partial charge in [0.2, 0.25) is 0 Å². The van der Waals surface area contributed by atoms with Crippen molar-refractivity contribution in [1.82, 2.24) is 19.7 Å². The lowest BCUT2D eigenvalue weighted by atomic mass is 10.1. The SMILES string of the molecule is CCn1ncnc1CN=C(Nc1ccccc1)N1CCCCC1.I. The van der Waals surface area contributed by atoms with Crippen molar-refractivity contribution < 1.29 is 0 Å². The van der Waals surface area contributed by atoms with Crippen LogP contribution in [0.4, 0.5) is 5.69 Å². The highest BCUT2D eigenvalue weighted by atomic mass is 127. The molecule has 1 fully saturated rings. The van der Waals surface area contributed by atoms with Gasteiger partial charge in [-0.2, -0.15) is 5.10 Å². The third kappa shape index (κ3) is 4.93. The molecule has 130 valence electrons. The van der Waals surface area contributed by atoms with E-state index in [0.29, 0.717) is 6.54 Å². The number of guanidine groups is 1. The molecule has 2 aromatic rings. The van der Waals surface area contributed by atoms with Crippen molar-refractivity contribution in [2.24, 2.45) is 4.99 Å². The summed E-state index contributed by atoms with van der Waals surface area (Å²) < 4.78 is 1.89. The van der Waals surface area contributed by atoms with E-state index in [0.717, 1.165) is 37.1 Å². The molecular formula is C17H25IN6. The Kier molecular flexibility index (Phi) is 7.48. The number of nitrogens with one attached hydrogen (secondary N) is 1. The fourth-order valence-corrected chi connectivity index (χ4v) is 2.80. The Morgan fingerprint density at radius 3 is 2.62 bits per heavy atom. The summed E-state index contributed by atoms with van der Waals surface area (Å²) >= 11 is 0. The molecule has 24 heavy (non-hydrogen) atoms. The minimum absolute atomic E-state index is 0. The van der Waals surface area contributed by atoms with Crippen LogP contribution >= 0.6 is 24.0 Å². The van der Waals surface area contributed by atoms with Gasteiger partial charge in [0, 0.05) is 25.3 Å². The average Bonchev–Trinajstić information content (AvgIpc) is 3.08. The lowest BCUT2D eigenvalue weighted by molar-refractivity contribution is 0.340. The summed E-state index contributed by atoms with van der Waals surface area (Å²) in [5, 5.41) is 7.68. The molecule has 7 heteroatoms. The van der Waals surface area contributed by atoms with Crippen LogP contribution in [0.3, 0.4) is 0 Å². The van der Waals surface area contributed by atoms with Gasteiger partial charge >= 0.3 is 0 Å². The van der Waals surface area contributed by atoms with E-state index in [-0.39, 0.29) is 24.0 Å². The monoisotopic (exact) mass is 440 g/mol. The van der Waals surface area contributed by atoms with Gasteiger partial charge in [0.25, 0.3) is 0 Å². The quantitative estimate of drug-likeness (QED) is 0.450. The first-order chi connectivity index (χ1) is 11.4. The van der Waals surface area contributed by atoms with Crippen molar-refractivity contribution in [1.29, 1.82) is 0 Å². The Bertz CT molecular complexity index is 634. The molecule has 0 spiro atoms. The van der Waals surface area contributed by atoms with Crippen LogP contribution in [0.15, 0.2) is 41.7 Å². The van der Waals surface area contributed by atoms with Crippen LogP contribution in [-0.4, -0.2) is 38.7 Å². The Morgan fingerprint density at radius 2 is 1.92 bits per heavy atom. The standard InChI is InChI=1S/C17H24N6.HI/c1-2-23-16(19-14-20-23)13-18-17(22-11-7-4-8-12-22)21-15-9-5-3-6-10-15;/h3,5-6,9-10,14H,2,4,7-8,11-13H2,1H3,(H,18,21);1H. The van der Waals surface area contributed by atoms with Crippen LogP contribution in [0.1, 0.15) is 32.0 Å². The van der Waals surface area contributed by atoms with Crippen molar-refractivity contribution in [3.05, 3.63) is 42.5 Å². The number of benzene rings is 1. The molecule has 1 aliphatic heterocycles. The minimum atomic E-state index is 0. The highest BCUT2D eigenvalue weighted by Crippen LogP contribution is 2.13. The number of halogens is 1. The Labute approximate surface area is 160 Å². The van der Waals surface area contributed by atoms with E-state index in [1.54, 1.807) is 6.33 Å². The summed E-state index contributed by atoms with van der Waals surface area (Å²) in [4.78, 5) is 11.4. The van der Waals surface area contributed by atoms with Crippen molar-refractivity contribution in [3.8, 4) is 0 Å². The molecule has 0 aliphatic carbocycles. The first-order valence-electron chi connectivity index (χ1n) is 8.35. The second-order valence-corrected chi connectivity index (χ2v) is 5.67. The van der Waals surface area contributed by atoms with Gasteiger partial charge in [-0.25, -0.2) is 14.7 Å². The predicted molar refractivity (Wildman–Crippen MR) is 108 cm³/mol. The van der Waals surface area contributed by atoms with E-state index < -0.39 is 0 Å². The Hall–Kier alpha value is -1.64. The number of aryl methyl sites for hydroxylation is 1. The van der Waals surface area contributed by atoms with Crippen molar-refractivity contribution in [2.45, 2.75) is 39.3 Å². The lowest BCUT2D eigenvalue weighted by Gasteiger charge is -2.30. The van der Waals surface area contributed by atoms with Gasteiger partial charge in [-0.1, -0.05) is 18.2 Å². The molecule has 0 unspecified atom stereocenters. The lowest BCUT2D eigenvalue weighted by Crippen LogP contribution is -2.40. The molecule has 0 amide bonds. The maximum absolute atomic E-state index is 4.80. The molecule has 1 aromatic heterocycles. The summed E-state index contributed by atoms with van der Waals surface area (Å²) in [5.74, 6) is 1.83. The number of hydrogen-bond acceptors (Lipinski definition) is 3. The normalized spacial score (nSPS) is 15.0. The summed E-state index contributed by atoms with van der Waals surface area (Å²) in [6, 6.07) is 10.2. The Balaban J connectivity index is 0.00000208. The first-order valence-corrected chi connectivity index (χ1v) is 8.35. The number of aromatic nitrogens is 3. The van der Waals surface area contributed by atoms with Crippen LogP contribution in [0.2, 0.25) is 0 Å². The number of piperidine rings is 1. The third-order valence-corrected chi connectivity index (χ3v) is 4.05. The van der Waals surface area contributed by atoms with Gasteiger partial charge < -0.3 is 10.2 Å². The molecule has 0 radical (unpaired) electrons. The smallest absolute Gasteiger partial charge is 0.198 e. The first kappa shape index (κ1) is 18.7. The number of para-hydroxylation sites is 1. The molecule has 0 bridgehead atoms. The maximum Gasteiger partial charge on any atom is 0.198 e. The second kappa shape index (κ2) is 9.61. The van der Waals surface area contributed by atoms with E-state index in [4.69, 9.17) is 4.99 Å². The van der Waals surface area contributed by atoms with Crippen molar-refractivity contribution in [3.63, 3.8) is 0 Å². The second-order valence-electron chi connectivity index (χ2n) is 5.67. The summed E-state index contributed by atoms with van der Waals surface area (Å²) in [6.07, 6.45) is 5.35. The summed E-state index contributed by atoms with van der Waals surface area (Å²) in [6.45, 7) is 5.53. The molecule has 0 atom stereocenters. The average molecular weight is 440 g/mol. The van der Waals surface area contributed by atoms with Crippen LogP contribution in [0, 0.1) is 0 Å². The van der Waals surface area contributed by atoms with E-state index in [2.05, 4.69) is 39.4 Å². The summed E-state index contributed by atoms with van der Waals surface area (Å²) in [5.41, 5.74) is 1.06. The van der Waals surface area contributed by atoms with E-state index in [9.17, 15) is 0 Å². The van der Waals surface area contributed by atoms with Gasteiger partial charge in [-0.15, -0.1) is 24.0 Å². The zero-order valence-corrected chi connectivity index (χ0v) is 16.4. The largest absolute Gasteiger partial charge is 0.343 e. The maximum atomic E-state index is 4.80. The molecule has 1 aromatic carbocycles. The molecule has 0 saturated carbocycles. The van der Waals surface area contributed by atoms with Gasteiger partial charge in [0.05, 0.1) is 0 Å². The highest BCUT2D eigenvalue weighted by molar-refractivity contribution is 14.0. The zero-order chi connectivity index (χ0) is 15.9. The molecule has 1 saturated heterocycles. The van der Waals surface area contributed by atoms with E-state index in [1.807, 2.05) is 22.9 Å². The number of aliphatic imine (C=N–C) groups is 1. The third-order valence-electron chi connectivity index (χ3n) is 4.05. The molecule has 1 aliphatic rings. The van der Waals surface area contributed by atoms with Crippen molar-refractivity contribution >= 4 is 35.6 Å². The molecule has 6 nitrogen and oxygen atoms in total. The molecule has 1 N–H and O–H groups in total. The number of likely N-dealkylation sites (tertiary alicyclic amines) is 1.